The number of fused-ring (bicyclic) bond motifs is 1. The minimum Gasteiger partial charge on any atom is -0.480 e. The first-order chi connectivity index (χ1) is 16.4. The summed E-state index contributed by atoms with van der Waals surface area (Å²) in [7, 11) is -0.743. The van der Waals surface area contributed by atoms with Gasteiger partial charge in [0.1, 0.15) is 6.04 Å². The summed E-state index contributed by atoms with van der Waals surface area (Å²) in [5.41, 5.74) is 6.47. The Hall–Kier alpha value is -1.51. The predicted octanol–water partition coefficient (Wildman–Crippen LogP) is 5.55. The molecule has 1 heterocycles. The molecule has 0 saturated carbocycles. The van der Waals surface area contributed by atoms with E-state index >= 15 is 0 Å². The van der Waals surface area contributed by atoms with Gasteiger partial charge in [0, 0.05) is 27.6 Å². The van der Waals surface area contributed by atoms with Crippen molar-refractivity contribution in [2.24, 2.45) is 5.73 Å². The van der Waals surface area contributed by atoms with Gasteiger partial charge < -0.3 is 20.3 Å². The van der Waals surface area contributed by atoms with E-state index in [0.717, 1.165) is 42.3 Å². The van der Waals surface area contributed by atoms with E-state index in [4.69, 9.17) is 20.3 Å². The molecule has 0 bridgehead atoms. The van der Waals surface area contributed by atoms with E-state index in [2.05, 4.69) is 19.9 Å². The number of hydrogen-bond donors (Lipinski definition) is 2. The van der Waals surface area contributed by atoms with Gasteiger partial charge in [-0.25, -0.2) is 0 Å². The molecule has 34 heavy (non-hydrogen) atoms. The third-order valence-corrected chi connectivity index (χ3v) is 8.26. The number of rotatable bonds is 16. The van der Waals surface area contributed by atoms with Gasteiger partial charge in [-0.1, -0.05) is 64.2 Å². The number of thioether (sulfide) groups is 1. The van der Waals surface area contributed by atoms with Crippen LogP contribution in [0.15, 0.2) is 30.4 Å². The second-order valence-corrected chi connectivity index (χ2v) is 11.6. The van der Waals surface area contributed by atoms with E-state index in [1.165, 1.54) is 37.7 Å². The predicted molar refractivity (Wildman–Crippen MR) is 144 cm³/mol. The number of ether oxygens (including phenoxy) is 2. The summed E-state index contributed by atoms with van der Waals surface area (Å²) < 4.78 is 23.0. The molecule has 8 heteroatoms. The molecule has 0 fully saturated rings. The number of carboxylic acid groups (broad SMARTS) is 1. The highest BCUT2D eigenvalue weighted by Crippen LogP contribution is 2.33. The van der Waals surface area contributed by atoms with Crippen LogP contribution in [0.3, 0.4) is 0 Å². The highest BCUT2D eigenvalue weighted by Gasteiger charge is 2.16. The van der Waals surface area contributed by atoms with E-state index in [9.17, 15) is 9.00 Å². The molecule has 1 aliphatic rings. The van der Waals surface area contributed by atoms with E-state index < -0.39 is 22.8 Å². The maximum absolute atomic E-state index is 12.3. The first kappa shape index (κ1) is 30.5. The average Bonchev–Trinajstić information content (AvgIpc) is 3.29. The number of carbonyl (C=O) groups is 1. The van der Waals surface area contributed by atoms with Gasteiger partial charge in [-0.15, -0.1) is 0 Å². The molecular weight excluding hydrogens is 470 g/mol. The maximum atomic E-state index is 12.3. The summed E-state index contributed by atoms with van der Waals surface area (Å²) >= 11 is 1.57. The van der Waals surface area contributed by atoms with Crippen LogP contribution in [0.4, 0.5) is 0 Å². The molecular formula is C26H43NO5S2. The fraction of sp³-hybridized carbons (Fsp3) is 0.654. The zero-order chi connectivity index (χ0) is 25.2. The van der Waals surface area contributed by atoms with Crippen LogP contribution in [0.25, 0.3) is 0 Å². The fourth-order valence-electron chi connectivity index (χ4n) is 3.32. The van der Waals surface area contributed by atoms with Gasteiger partial charge >= 0.3 is 5.97 Å². The Morgan fingerprint density at radius 2 is 1.91 bits per heavy atom. The normalized spacial score (nSPS) is 14.9. The highest BCUT2D eigenvalue weighted by atomic mass is 32.2. The Morgan fingerprint density at radius 1 is 1.21 bits per heavy atom. The number of hydrogen-bond acceptors (Lipinski definition) is 6. The largest absolute Gasteiger partial charge is 0.480 e. The molecule has 1 aromatic rings. The monoisotopic (exact) mass is 513 g/mol. The van der Waals surface area contributed by atoms with Crippen molar-refractivity contribution in [2.45, 2.75) is 83.4 Å². The lowest BCUT2D eigenvalue weighted by Crippen LogP contribution is -2.32. The van der Waals surface area contributed by atoms with Crippen molar-refractivity contribution >= 4 is 28.5 Å². The Balaban J connectivity index is 0.000000411. The minimum absolute atomic E-state index is 0.191. The van der Waals surface area contributed by atoms with Crippen LogP contribution in [0.2, 0.25) is 0 Å². The number of unbranched alkanes of at least 4 members (excludes halogenated alkanes) is 5. The second kappa shape index (κ2) is 18.8. The van der Waals surface area contributed by atoms with Crippen LogP contribution in [0.5, 0.6) is 11.5 Å². The standard InChI is InChI=1S/C18H28O3S.C8H15NO2S/c1-3-4-5-6-7-8-11-22(19)15(2)12-16-9-10-17-18(13-16)21-14-20-17;1-2-3-4-5-12-6-7(9)8(10)11/h9-10,13,15H,3-8,11-12,14H2,1-2H3;2-3,7H,4-6,9H2,1H3,(H,10,11)/b;3-2+/t;7-/m.0/s1. The quantitative estimate of drug-likeness (QED) is 0.221. The van der Waals surface area contributed by atoms with Crippen molar-refractivity contribution in [3.05, 3.63) is 35.9 Å². The Morgan fingerprint density at radius 3 is 2.62 bits per heavy atom. The minimum atomic E-state index is -0.923. The zero-order valence-electron chi connectivity index (χ0n) is 21.0. The third kappa shape index (κ3) is 13.4. The molecule has 2 rings (SSSR count). The average molecular weight is 514 g/mol. The number of carboxylic acids is 1. The second-order valence-electron chi connectivity index (χ2n) is 8.43. The summed E-state index contributed by atoms with van der Waals surface area (Å²) in [4.78, 5) is 10.3. The molecule has 6 nitrogen and oxygen atoms in total. The van der Waals surface area contributed by atoms with E-state index in [0.29, 0.717) is 12.5 Å². The van der Waals surface area contributed by atoms with Crippen molar-refractivity contribution in [1.82, 2.24) is 0 Å². The molecule has 3 N–H and O–H groups in total. The first-order valence-corrected chi connectivity index (χ1v) is 14.9. The summed E-state index contributed by atoms with van der Waals surface area (Å²) in [5.74, 6) is 2.96. The van der Waals surface area contributed by atoms with Crippen molar-refractivity contribution in [3.63, 3.8) is 0 Å². The van der Waals surface area contributed by atoms with Gasteiger partial charge in [0.05, 0.1) is 0 Å². The lowest BCUT2D eigenvalue weighted by molar-refractivity contribution is -0.137. The van der Waals surface area contributed by atoms with Crippen LogP contribution in [-0.2, 0) is 22.0 Å². The molecule has 1 aliphatic heterocycles. The molecule has 0 amide bonds. The van der Waals surface area contributed by atoms with E-state index in [1.807, 2.05) is 31.2 Å². The summed E-state index contributed by atoms with van der Waals surface area (Å²) in [6.07, 6.45) is 13.3. The van der Waals surface area contributed by atoms with E-state index in [-0.39, 0.29) is 5.25 Å². The number of nitrogens with two attached hydrogens (primary N) is 1. The Labute approximate surface area is 212 Å². The molecule has 0 radical (unpaired) electrons. The van der Waals surface area contributed by atoms with Gasteiger partial charge in [-0.2, -0.15) is 11.8 Å². The van der Waals surface area contributed by atoms with Crippen LogP contribution >= 0.6 is 11.8 Å². The van der Waals surface area contributed by atoms with Crippen molar-refractivity contribution < 1.29 is 23.6 Å². The number of aliphatic carboxylic acids is 1. The molecule has 0 spiro atoms. The summed E-state index contributed by atoms with van der Waals surface area (Å²) in [5, 5.41) is 8.62. The van der Waals surface area contributed by atoms with Crippen molar-refractivity contribution in [2.75, 3.05) is 24.1 Å². The summed E-state index contributed by atoms with van der Waals surface area (Å²) in [6.45, 7) is 6.58. The molecule has 1 aromatic carbocycles. The number of benzene rings is 1. The van der Waals surface area contributed by atoms with Gasteiger partial charge in [0.25, 0.3) is 0 Å². The van der Waals surface area contributed by atoms with Gasteiger partial charge in [0.15, 0.2) is 11.5 Å². The molecule has 0 saturated heterocycles. The highest BCUT2D eigenvalue weighted by molar-refractivity contribution is 7.99. The lowest BCUT2D eigenvalue weighted by Gasteiger charge is -2.12. The smallest absolute Gasteiger partial charge is 0.321 e. The SMILES string of the molecule is C/C=C/CCSC[C@H](N)C(=O)O.CCCCCCCCS(=O)C(C)Cc1ccc2c(c1)OCO2. The Kier molecular flexibility index (Phi) is 16.9. The topological polar surface area (TPSA) is 98.9 Å². The van der Waals surface area contributed by atoms with Crippen LogP contribution in [-0.4, -0.2) is 50.6 Å². The third-order valence-electron chi connectivity index (χ3n) is 5.39. The summed E-state index contributed by atoms with van der Waals surface area (Å²) in [6, 6.07) is 5.29. The van der Waals surface area contributed by atoms with Crippen LogP contribution in [0.1, 0.15) is 71.3 Å². The molecule has 3 atom stereocenters. The molecule has 194 valence electrons. The molecule has 0 aliphatic carbocycles. The van der Waals surface area contributed by atoms with E-state index in [1.54, 1.807) is 11.8 Å². The fourth-order valence-corrected chi connectivity index (χ4v) is 5.45. The van der Waals surface area contributed by atoms with Gasteiger partial charge in [-0.05, 0) is 49.6 Å². The zero-order valence-corrected chi connectivity index (χ0v) is 22.6. The van der Waals surface area contributed by atoms with Gasteiger partial charge in [-0.3, -0.25) is 9.00 Å². The Bertz CT molecular complexity index is 757. The van der Waals surface area contributed by atoms with Crippen molar-refractivity contribution in [1.29, 1.82) is 0 Å². The van der Waals surface area contributed by atoms with Gasteiger partial charge in [0.2, 0.25) is 6.79 Å². The maximum Gasteiger partial charge on any atom is 0.321 e. The van der Waals surface area contributed by atoms with Crippen molar-refractivity contribution in [3.8, 4) is 11.5 Å². The first-order valence-electron chi connectivity index (χ1n) is 12.3. The lowest BCUT2D eigenvalue weighted by atomic mass is 10.1. The molecule has 0 aromatic heterocycles. The molecule has 2 unspecified atom stereocenters. The number of allylic oxidation sites excluding steroid dienone is 2. The van der Waals surface area contributed by atoms with Crippen LogP contribution in [0, 0.1) is 0 Å². The van der Waals surface area contributed by atoms with Crippen LogP contribution < -0.4 is 15.2 Å².